The van der Waals surface area contributed by atoms with Crippen molar-refractivity contribution in [3.63, 3.8) is 0 Å². The zero-order valence-electron chi connectivity index (χ0n) is 11.8. The van der Waals surface area contributed by atoms with Crippen LogP contribution in [0.25, 0.3) is 0 Å². The summed E-state index contributed by atoms with van der Waals surface area (Å²) < 4.78 is 30.3. The van der Waals surface area contributed by atoms with E-state index in [1.165, 1.54) is 0 Å². The third kappa shape index (κ3) is 4.30. The first-order valence-corrected chi connectivity index (χ1v) is 9.79. The molecule has 1 fully saturated rings. The minimum atomic E-state index is -3.11. The molecule has 0 saturated carbocycles. The molecule has 0 aliphatic carbocycles. The molecule has 20 heavy (non-hydrogen) atoms. The third-order valence-corrected chi connectivity index (χ3v) is 6.85. The Morgan fingerprint density at radius 1 is 1.30 bits per heavy atom. The van der Waals surface area contributed by atoms with Gasteiger partial charge in [0.2, 0.25) is 0 Å². The summed E-state index contributed by atoms with van der Waals surface area (Å²) in [4.78, 5) is 0. The van der Waals surface area contributed by atoms with Gasteiger partial charge in [-0.25, -0.2) is 8.42 Å². The molecule has 1 aliphatic rings. The summed E-state index contributed by atoms with van der Waals surface area (Å²) in [5.74, 6) is 0.368. The Balaban J connectivity index is 2.10. The minimum absolute atomic E-state index is 0.129. The molecule has 5 heteroatoms. The van der Waals surface area contributed by atoms with Crippen LogP contribution in [-0.4, -0.2) is 32.7 Å². The molecule has 1 aromatic carbocycles. The van der Waals surface area contributed by atoms with Crippen LogP contribution in [0, 0.1) is 12.3 Å². The highest BCUT2D eigenvalue weighted by molar-refractivity contribution is 9.09. The summed E-state index contributed by atoms with van der Waals surface area (Å²) in [7, 11) is -3.11. The predicted molar refractivity (Wildman–Crippen MR) is 84.9 cm³/mol. The largest absolute Gasteiger partial charge is 0.381 e. The van der Waals surface area contributed by atoms with Crippen LogP contribution in [0.4, 0.5) is 0 Å². The molecule has 3 nitrogen and oxygen atoms in total. The van der Waals surface area contributed by atoms with Crippen LogP contribution in [0.3, 0.4) is 0 Å². The number of hydrogen-bond acceptors (Lipinski definition) is 3. The van der Waals surface area contributed by atoms with Gasteiger partial charge in [-0.15, -0.1) is 0 Å². The number of aryl methyl sites for hydroxylation is 1. The Bertz CT molecular complexity index is 548. The molecule has 0 atom stereocenters. The van der Waals surface area contributed by atoms with Crippen molar-refractivity contribution >= 4 is 25.8 Å². The van der Waals surface area contributed by atoms with Gasteiger partial charge in [0.25, 0.3) is 0 Å². The maximum absolute atomic E-state index is 12.5. The molecule has 1 saturated heterocycles. The van der Waals surface area contributed by atoms with E-state index in [1.54, 1.807) is 0 Å². The molecule has 2 rings (SSSR count). The van der Waals surface area contributed by atoms with Crippen LogP contribution >= 0.6 is 15.9 Å². The molecule has 0 N–H and O–H groups in total. The molecule has 1 heterocycles. The summed E-state index contributed by atoms with van der Waals surface area (Å²) >= 11 is 3.50. The number of hydrogen-bond donors (Lipinski definition) is 0. The van der Waals surface area contributed by atoms with Crippen molar-refractivity contribution in [2.75, 3.05) is 24.3 Å². The molecule has 112 valence electrons. The molecular weight excluding hydrogens is 340 g/mol. The van der Waals surface area contributed by atoms with Gasteiger partial charge in [0.05, 0.1) is 11.5 Å². The van der Waals surface area contributed by atoms with Crippen molar-refractivity contribution in [3.8, 4) is 0 Å². The van der Waals surface area contributed by atoms with E-state index in [1.807, 2.05) is 31.2 Å². The summed E-state index contributed by atoms with van der Waals surface area (Å²) in [5, 5.41) is 0.719. The Morgan fingerprint density at radius 2 is 2.00 bits per heavy atom. The van der Waals surface area contributed by atoms with Crippen LogP contribution in [0.2, 0.25) is 0 Å². The summed E-state index contributed by atoms with van der Waals surface area (Å²) in [6.45, 7) is 3.30. The molecule has 0 amide bonds. The summed E-state index contributed by atoms with van der Waals surface area (Å²) in [6.07, 6.45) is 1.62. The maximum atomic E-state index is 12.5. The van der Waals surface area contributed by atoms with Crippen LogP contribution in [0.1, 0.15) is 24.0 Å². The standard InChI is InChI=1S/C15H21BrO3S/c1-13-3-2-4-14(9-13)10-20(17,18)12-15(11-16)5-7-19-8-6-15/h2-4,9H,5-8,10-12H2,1H3. The molecule has 0 aromatic heterocycles. The average Bonchev–Trinajstić information content (AvgIpc) is 2.38. The fourth-order valence-corrected chi connectivity index (χ4v) is 5.83. The number of sulfone groups is 1. The van der Waals surface area contributed by atoms with Crippen LogP contribution in [0.15, 0.2) is 24.3 Å². The average molecular weight is 361 g/mol. The van der Waals surface area contributed by atoms with Crippen molar-refractivity contribution in [1.29, 1.82) is 0 Å². The topological polar surface area (TPSA) is 43.4 Å². The molecular formula is C15H21BrO3S. The van der Waals surface area contributed by atoms with Crippen LogP contribution in [0.5, 0.6) is 0 Å². The number of benzene rings is 1. The van der Waals surface area contributed by atoms with Gasteiger partial charge in [-0.3, -0.25) is 0 Å². The van der Waals surface area contributed by atoms with E-state index in [4.69, 9.17) is 4.74 Å². The second-order valence-corrected chi connectivity index (χ2v) is 8.39. The van der Waals surface area contributed by atoms with E-state index in [0.717, 1.165) is 29.3 Å². The number of halogens is 1. The van der Waals surface area contributed by atoms with E-state index in [9.17, 15) is 8.42 Å². The molecule has 0 radical (unpaired) electrons. The fourth-order valence-electron chi connectivity index (χ4n) is 2.69. The molecule has 0 unspecified atom stereocenters. The molecule has 1 aliphatic heterocycles. The second kappa shape index (κ2) is 6.58. The zero-order chi connectivity index (χ0) is 14.6. The molecule has 0 bridgehead atoms. The quantitative estimate of drug-likeness (QED) is 0.757. The first-order valence-electron chi connectivity index (χ1n) is 6.84. The van der Waals surface area contributed by atoms with Crippen molar-refractivity contribution in [2.45, 2.75) is 25.5 Å². The summed E-state index contributed by atoms with van der Waals surface area (Å²) in [6, 6.07) is 7.72. The van der Waals surface area contributed by atoms with Gasteiger partial charge >= 0.3 is 0 Å². The maximum Gasteiger partial charge on any atom is 0.155 e. The van der Waals surface area contributed by atoms with Gasteiger partial charge in [-0.05, 0) is 30.7 Å². The third-order valence-electron chi connectivity index (χ3n) is 3.83. The number of alkyl halides is 1. The highest BCUT2D eigenvalue weighted by atomic mass is 79.9. The van der Waals surface area contributed by atoms with E-state index in [0.29, 0.717) is 13.2 Å². The Hall–Kier alpha value is -0.390. The fraction of sp³-hybridized carbons (Fsp3) is 0.600. The van der Waals surface area contributed by atoms with E-state index >= 15 is 0 Å². The Kier molecular flexibility index (Phi) is 5.26. The SMILES string of the molecule is Cc1cccc(CS(=O)(=O)CC2(CBr)CCOCC2)c1. The molecule has 0 spiro atoms. The smallest absolute Gasteiger partial charge is 0.155 e. The van der Waals surface area contributed by atoms with E-state index in [-0.39, 0.29) is 16.9 Å². The van der Waals surface area contributed by atoms with Crippen molar-refractivity contribution in [3.05, 3.63) is 35.4 Å². The first-order chi connectivity index (χ1) is 9.45. The Morgan fingerprint density at radius 3 is 2.60 bits per heavy atom. The van der Waals surface area contributed by atoms with E-state index < -0.39 is 9.84 Å². The predicted octanol–water partition coefficient (Wildman–Crippen LogP) is 3.10. The van der Waals surface area contributed by atoms with Gasteiger partial charge in [0.1, 0.15) is 0 Å². The second-order valence-electron chi connectivity index (χ2n) is 5.77. The van der Waals surface area contributed by atoms with Gasteiger partial charge in [-0.2, -0.15) is 0 Å². The number of ether oxygens (including phenoxy) is 1. The summed E-state index contributed by atoms with van der Waals surface area (Å²) in [5.41, 5.74) is 1.81. The number of rotatable bonds is 5. The van der Waals surface area contributed by atoms with Gasteiger partial charge < -0.3 is 4.74 Å². The van der Waals surface area contributed by atoms with Crippen molar-refractivity contribution < 1.29 is 13.2 Å². The van der Waals surface area contributed by atoms with Gasteiger partial charge in [0, 0.05) is 18.5 Å². The monoisotopic (exact) mass is 360 g/mol. The lowest BCUT2D eigenvalue weighted by Crippen LogP contribution is -2.38. The zero-order valence-corrected chi connectivity index (χ0v) is 14.2. The highest BCUT2D eigenvalue weighted by Crippen LogP contribution is 2.34. The van der Waals surface area contributed by atoms with Crippen LogP contribution < -0.4 is 0 Å². The Labute approximate surface area is 129 Å². The lowest BCUT2D eigenvalue weighted by atomic mass is 9.85. The van der Waals surface area contributed by atoms with Gasteiger partial charge in [0.15, 0.2) is 9.84 Å². The molecule has 1 aromatic rings. The first kappa shape index (κ1) is 16.0. The van der Waals surface area contributed by atoms with Crippen LogP contribution in [-0.2, 0) is 20.3 Å². The normalized spacial score (nSPS) is 18.9. The lowest BCUT2D eigenvalue weighted by Gasteiger charge is -2.35. The lowest BCUT2D eigenvalue weighted by molar-refractivity contribution is 0.0367. The van der Waals surface area contributed by atoms with E-state index in [2.05, 4.69) is 15.9 Å². The minimum Gasteiger partial charge on any atom is -0.381 e. The van der Waals surface area contributed by atoms with Gasteiger partial charge in [-0.1, -0.05) is 45.8 Å². The highest BCUT2D eigenvalue weighted by Gasteiger charge is 2.36. The van der Waals surface area contributed by atoms with Crippen molar-refractivity contribution in [1.82, 2.24) is 0 Å². The van der Waals surface area contributed by atoms with Crippen molar-refractivity contribution in [2.24, 2.45) is 5.41 Å².